The fraction of sp³-hybridized carbons (Fsp3) is 0.227. The van der Waals surface area contributed by atoms with Gasteiger partial charge in [-0.25, -0.2) is 14.3 Å². The molecule has 1 aliphatic heterocycles. The second-order valence-electron chi connectivity index (χ2n) is 7.04. The zero-order valence-electron chi connectivity index (χ0n) is 16.1. The molecule has 1 N–H and O–H groups in total. The van der Waals surface area contributed by atoms with Crippen LogP contribution in [-0.4, -0.2) is 32.5 Å². The Morgan fingerprint density at radius 2 is 2.10 bits per heavy atom. The van der Waals surface area contributed by atoms with E-state index in [9.17, 15) is 0 Å². The van der Waals surface area contributed by atoms with Crippen molar-refractivity contribution in [1.29, 1.82) is 0 Å². The average Bonchev–Trinajstić information content (AvgIpc) is 3.18. The first-order valence-corrected chi connectivity index (χ1v) is 10.3. The highest BCUT2D eigenvalue weighted by Crippen LogP contribution is 2.37. The second-order valence-corrected chi connectivity index (χ2v) is 8.21. The van der Waals surface area contributed by atoms with Crippen molar-refractivity contribution in [2.45, 2.75) is 25.6 Å². The third-order valence-electron chi connectivity index (χ3n) is 5.13. The molecule has 146 valence electrons. The second kappa shape index (κ2) is 7.94. The number of allylic oxidation sites excluding steroid dienone is 2. The molecule has 2 aromatic heterocycles. The highest BCUT2D eigenvalue weighted by atomic mass is 32.2. The average molecular weight is 404 g/mol. The molecule has 0 amide bonds. The molecule has 1 aromatic carbocycles. The largest absolute Gasteiger partial charge is 0.376 e. The Hall–Kier alpha value is -2.74. The minimum atomic E-state index is 0.126. The highest BCUT2D eigenvalue weighted by Gasteiger charge is 2.27. The van der Waals surface area contributed by atoms with Crippen LogP contribution in [0.3, 0.4) is 0 Å². The number of benzene rings is 1. The first kappa shape index (κ1) is 18.3. The van der Waals surface area contributed by atoms with Gasteiger partial charge in [0.25, 0.3) is 0 Å². The fourth-order valence-electron chi connectivity index (χ4n) is 3.64. The summed E-state index contributed by atoms with van der Waals surface area (Å²) in [7, 11) is 1.77. The maximum Gasteiger partial charge on any atom is 0.138 e. The molecule has 1 aliphatic carbocycles. The van der Waals surface area contributed by atoms with Crippen molar-refractivity contribution >= 4 is 34.4 Å². The monoisotopic (exact) mass is 403 g/mol. The van der Waals surface area contributed by atoms with Gasteiger partial charge in [0, 0.05) is 29.5 Å². The van der Waals surface area contributed by atoms with E-state index in [1.54, 1.807) is 25.4 Å². The third kappa shape index (κ3) is 3.76. The number of aromatic nitrogens is 3. The predicted molar refractivity (Wildman–Crippen MR) is 117 cm³/mol. The maximum atomic E-state index is 5.61. The van der Waals surface area contributed by atoms with Crippen molar-refractivity contribution < 1.29 is 4.74 Å². The van der Waals surface area contributed by atoms with E-state index in [4.69, 9.17) is 4.74 Å². The summed E-state index contributed by atoms with van der Waals surface area (Å²) in [5.74, 6) is 0.844. The van der Waals surface area contributed by atoms with Gasteiger partial charge in [-0.15, -0.1) is 0 Å². The quantitative estimate of drug-likeness (QED) is 0.625. The summed E-state index contributed by atoms with van der Waals surface area (Å²) in [6, 6.07) is 10.2. The summed E-state index contributed by atoms with van der Waals surface area (Å²) in [6.07, 6.45) is 10.9. The number of methoxy groups -OCH3 is 1. The number of anilines is 2. The molecule has 3 heterocycles. The molecule has 0 saturated heterocycles. The van der Waals surface area contributed by atoms with Gasteiger partial charge >= 0.3 is 0 Å². The van der Waals surface area contributed by atoms with Crippen molar-refractivity contribution in [1.82, 2.24) is 19.3 Å². The van der Waals surface area contributed by atoms with Crippen LogP contribution in [0.2, 0.25) is 0 Å². The van der Waals surface area contributed by atoms with Crippen molar-refractivity contribution in [3.05, 3.63) is 77.2 Å². The minimum absolute atomic E-state index is 0.126. The van der Waals surface area contributed by atoms with E-state index in [0.717, 1.165) is 53.2 Å². The number of para-hydroxylation sites is 1. The molecule has 0 radical (unpaired) electrons. The van der Waals surface area contributed by atoms with Gasteiger partial charge < -0.3 is 10.1 Å². The van der Waals surface area contributed by atoms with E-state index in [1.807, 2.05) is 24.4 Å². The molecule has 0 bridgehead atoms. The van der Waals surface area contributed by atoms with Gasteiger partial charge in [-0.2, -0.15) is 0 Å². The smallest absolute Gasteiger partial charge is 0.138 e. The van der Waals surface area contributed by atoms with Crippen molar-refractivity contribution in [3.8, 4) is 0 Å². The normalized spacial score (nSPS) is 18.7. The lowest BCUT2D eigenvalue weighted by Crippen LogP contribution is -2.17. The SMILES string of the molecule is COC1CC=CC=C1SN1Cc2ncnc(Nc3cnc4ccccc4c3)c2C1. The van der Waals surface area contributed by atoms with Crippen LogP contribution in [-0.2, 0) is 17.8 Å². The first-order valence-electron chi connectivity index (χ1n) is 9.57. The van der Waals surface area contributed by atoms with Crippen LogP contribution >= 0.6 is 11.9 Å². The molecule has 6 nitrogen and oxygen atoms in total. The van der Waals surface area contributed by atoms with Crippen LogP contribution in [0.1, 0.15) is 17.7 Å². The molecule has 1 unspecified atom stereocenters. The molecule has 1 atom stereocenters. The lowest BCUT2D eigenvalue weighted by Gasteiger charge is -2.23. The Balaban J connectivity index is 1.35. The number of fused-ring (bicyclic) bond motifs is 2. The van der Waals surface area contributed by atoms with Gasteiger partial charge in [-0.05, 0) is 36.6 Å². The van der Waals surface area contributed by atoms with Crippen molar-refractivity contribution in [2.24, 2.45) is 0 Å². The molecule has 0 spiro atoms. The van der Waals surface area contributed by atoms with Crippen molar-refractivity contribution in [3.63, 3.8) is 0 Å². The molecule has 29 heavy (non-hydrogen) atoms. The number of hydrogen-bond acceptors (Lipinski definition) is 7. The van der Waals surface area contributed by atoms with Crippen molar-refractivity contribution in [2.75, 3.05) is 12.4 Å². The topological polar surface area (TPSA) is 63.2 Å². The number of nitrogens with one attached hydrogen (secondary N) is 1. The molecule has 3 aromatic rings. The molecule has 0 saturated carbocycles. The Labute approximate surface area is 173 Å². The zero-order valence-corrected chi connectivity index (χ0v) is 16.9. The summed E-state index contributed by atoms with van der Waals surface area (Å²) in [5, 5.41) is 4.54. The van der Waals surface area contributed by atoms with Gasteiger partial charge in [0.05, 0.1) is 35.7 Å². The number of rotatable bonds is 5. The minimum Gasteiger partial charge on any atom is -0.376 e. The molecular formula is C22H21N5OS. The maximum absolute atomic E-state index is 5.61. The van der Waals surface area contributed by atoms with E-state index in [0.29, 0.717) is 0 Å². The Morgan fingerprint density at radius 3 is 3.03 bits per heavy atom. The summed E-state index contributed by atoms with van der Waals surface area (Å²) < 4.78 is 7.92. The molecule has 7 heteroatoms. The first-order chi connectivity index (χ1) is 14.3. The van der Waals surface area contributed by atoms with Crippen LogP contribution < -0.4 is 5.32 Å². The Bertz CT molecular complexity index is 1110. The van der Waals surface area contributed by atoms with E-state index in [1.165, 1.54) is 4.91 Å². The molecule has 2 aliphatic rings. The summed E-state index contributed by atoms with van der Waals surface area (Å²) >= 11 is 1.74. The Kier molecular flexibility index (Phi) is 5.01. The van der Waals surface area contributed by atoms with Gasteiger partial charge in [0.2, 0.25) is 0 Å². The fourth-order valence-corrected chi connectivity index (χ4v) is 4.77. The third-order valence-corrected chi connectivity index (χ3v) is 6.26. The van der Waals surface area contributed by atoms with Gasteiger partial charge in [-0.3, -0.25) is 4.98 Å². The van der Waals surface area contributed by atoms with Crippen LogP contribution in [0.5, 0.6) is 0 Å². The summed E-state index contributed by atoms with van der Waals surface area (Å²) in [4.78, 5) is 14.8. The summed E-state index contributed by atoms with van der Waals surface area (Å²) in [5.41, 5.74) is 4.10. The van der Waals surface area contributed by atoms with Crippen LogP contribution in [0.25, 0.3) is 10.9 Å². The summed E-state index contributed by atoms with van der Waals surface area (Å²) in [6.45, 7) is 1.56. The van der Waals surface area contributed by atoms with Crippen LogP contribution in [0, 0.1) is 0 Å². The standard InChI is InChI=1S/C22H21N5OS/c1-28-20-8-4-5-9-21(20)29-27-12-17-19(13-27)24-14-25-22(17)26-16-10-15-6-2-3-7-18(15)23-11-16/h2-7,9-11,14,20H,8,12-13H2,1H3,(H,24,25,26). The highest BCUT2D eigenvalue weighted by molar-refractivity contribution is 8.00. The lowest BCUT2D eigenvalue weighted by molar-refractivity contribution is 0.139. The number of pyridine rings is 1. The predicted octanol–water partition coefficient (Wildman–Crippen LogP) is 4.59. The van der Waals surface area contributed by atoms with Crippen LogP contribution in [0.4, 0.5) is 11.5 Å². The zero-order chi connectivity index (χ0) is 19.6. The van der Waals surface area contributed by atoms with Gasteiger partial charge in [-0.1, -0.05) is 30.4 Å². The van der Waals surface area contributed by atoms with Crippen LogP contribution in [0.15, 0.2) is 66.0 Å². The van der Waals surface area contributed by atoms with Gasteiger partial charge in [0.1, 0.15) is 12.1 Å². The molecular weight excluding hydrogens is 382 g/mol. The van der Waals surface area contributed by atoms with Gasteiger partial charge in [0.15, 0.2) is 0 Å². The molecule has 5 rings (SSSR count). The molecule has 0 fully saturated rings. The Morgan fingerprint density at radius 1 is 1.17 bits per heavy atom. The van der Waals surface area contributed by atoms with E-state index >= 15 is 0 Å². The van der Waals surface area contributed by atoms with E-state index < -0.39 is 0 Å². The van der Waals surface area contributed by atoms with E-state index in [2.05, 4.69) is 54.9 Å². The number of nitrogens with zero attached hydrogens (tertiary/aromatic N) is 4. The number of ether oxygens (including phenoxy) is 1. The number of hydrogen-bond donors (Lipinski definition) is 1. The van der Waals surface area contributed by atoms with E-state index in [-0.39, 0.29) is 6.10 Å². The lowest BCUT2D eigenvalue weighted by atomic mass is 10.1.